The molecule has 1 N–H and O–H groups in total. The molecule has 0 bridgehead atoms. The van der Waals surface area contributed by atoms with Crippen LogP contribution in [0.4, 0.5) is 5.69 Å². The van der Waals surface area contributed by atoms with E-state index < -0.39 is 0 Å². The largest absolute Gasteiger partial charge is 0.497 e. The van der Waals surface area contributed by atoms with Gasteiger partial charge in [-0.3, -0.25) is 4.79 Å². The van der Waals surface area contributed by atoms with Crippen molar-refractivity contribution in [3.8, 4) is 5.75 Å². The number of benzene rings is 2. The van der Waals surface area contributed by atoms with Crippen molar-refractivity contribution in [2.75, 3.05) is 12.4 Å². The van der Waals surface area contributed by atoms with E-state index in [0.717, 1.165) is 22.6 Å². The van der Waals surface area contributed by atoms with Gasteiger partial charge in [-0.05, 0) is 35.9 Å². The van der Waals surface area contributed by atoms with Gasteiger partial charge in [0.1, 0.15) is 5.75 Å². The van der Waals surface area contributed by atoms with Gasteiger partial charge in [0.25, 0.3) is 5.91 Å². The Hall–Kier alpha value is -2.70. The van der Waals surface area contributed by atoms with Crippen molar-refractivity contribution in [3.05, 3.63) is 70.2 Å². The molecule has 2 aromatic carbocycles. The van der Waals surface area contributed by atoms with Crippen molar-refractivity contribution in [1.29, 1.82) is 0 Å². The molecular formula is C18H14ClN3O2S. The average molecular weight is 372 g/mol. The van der Waals surface area contributed by atoms with Crippen molar-refractivity contribution < 1.29 is 9.53 Å². The van der Waals surface area contributed by atoms with Gasteiger partial charge >= 0.3 is 0 Å². The second-order valence-corrected chi connectivity index (χ2v) is 6.38. The molecule has 0 aliphatic rings. The summed E-state index contributed by atoms with van der Waals surface area (Å²) >= 11 is 7.43. The molecule has 0 aliphatic carbocycles. The Balaban J connectivity index is 1.73. The monoisotopic (exact) mass is 371 g/mol. The number of hydrogen-bond acceptors (Lipinski definition) is 5. The molecule has 5 nitrogen and oxygen atoms in total. The van der Waals surface area contributed by atoms with Crippen LogP contribution in [0.25, 0.3) is 11.1 Å². The summed E-state index contributed by atoms with van der Waals surface area (Å²) in [6, 6.07) is 16.6. The van der Waals surface area contributed by atoms with E-state index in [0.29, 0.717) is 15.7 Å². The smallest absolute Gasteiger partial charge is 0.286 e. The molecule has 0 unspecified atom stereocenters. The Labute approximate surface area is 153 Å². The van der Waals surface area contributed by atoms with Crippen molar-refractivity contribution in [3.63, 3.8) is 0 Å². The third-order valence-corrected chi connectivity index (χ3v) is 4.62. The first-order chi connectivity index (χ1) is 12.2. The first kappa shape index (κ1) is 17.1. The number of nitrogens with one attached hydrogen (secondary N) is 1. The number of hydrogen-bond donors (Lipinski definition) is 1. The molecule has 0 saturated heterocycles. The lowest BCUT2D eigenvalue weighted by molar-refractivity contribution is 0.102. The van der Waals surface area contributed by atoms with Crippen LogP contribution in [0.1, 0.15) is 20.4 Å². The summed E-state index contributed by atoms with van der Waals surface area (Å²) in [5.41, 5.74) is 1.60. The first-order valence-electron chi connectivity index (χ1n) is 7.37. The predicted molar refractivity (Wildman–Crippen MR) is 101 cm³/mol. The van der Waals surface area contributed by atoms with Crippen molar-refractivity contribution >= 4 is 45.6 Å². The number of halogens is 1. The Bertz CT molecular complexity index is 892. The topological polar surface area (TPSA) is 64.1 Å². The van der Waals surface area contributed by atoms with Gasteiger partial charge in [0.15, 0.2) is 5.01 Å². The van der Waals surface area contributed by atoms with Gasteiger partial charge in [0.05, 0.1) is 12.1 Å². The molecule has 0 aliphatic heterocycles. The van der Waals surface area contributed by atoms with E-state index >= 15 is 0 Å². The Kier molecular flexibility index (Phi) is 5.42. The maximum absolute atomic E-state index is 12.2. The molecule has 0 fully saturated rings. The number of anilines is 1. The maximum atomic E-state index is 12.2. The van der Waals surface area contributed by atoms with Crippen LogP contribution in [0.2, 0.25) is 0 Å². The van der Waals surface area contributed by atoms with Crippen LogP contribution in [-0.2, 0) is 0 Å². The van der Waals surface area contributed by atoms with Crippen LogP contribution >= 0.6 is 22.9 Å². The third kappa shape index (κ3) is 4.43. The number of methoxy groups -OCH3 is 1. The molecule has 0 saturated carbocycles. The van der Waals surface area contributed by atoms with Gasteiger partial charge in [0.2, 0.25) is 5.01 Å². The highest BCUT2D eigenvalue weighted by atomic mass is 35.5. The van der Waals surface area contributed by atoms with Crippen molar-refractivity contribution in [2.45, 2.75) is 0 Å². The quantitative estimate of drug-likeness (QED) is 0.715. The van der Waals surface area contributed by atoms with Crippen LogP contribution in [0.5, 0.6) is 5.75 Å². The number of ether oxygens (including phenoxy) is 1. The molecule has 126 valence electrons. The summed E-state index contributed by atoms with van der Waals surface area (Å²) in [5.74, 6) is 0.452. The number of rotatable bonds is 5. The summed E-state index contributed by atoms with van der Waals surface area (Å²) in [6.07, 6.45) is 1.76. The van der Waals surface area contributed by atoms with Crippen LogP contribution in [0.3, 0.4) is 0 Å². The minimum absolute atomic E-state index is 0.250. The summed E-state index contributed by atoms with van der Waals surface area (Å²) in [6.45, 7) is 0. The summed E-state index contributed by atoms with van der Waals surface area (Å²) in [5, 5.41) is 11.8. The molecule has 1 amide bonds. The van der Waals surface area contributed by atoms with Gasteiger partial charge < -0.3 is 10.1 Å². The van der Waals surface area contributed by atoms with Crippen LogP contribution in [0.15, 0.2) is 54.6 Å². The van der Waals surface area contributed by atoms with E-state index in [1.54, 1.807) is 25.3 Å². The van der Waals surface area contributed by atoms with Gasteiger partial charge in [-0.25, -0.2) is 0 Å². The normalized spacial score (nSPS) is 11.2. The predicted octanol–water partition coefficient (Wildman–Crippen LogP) is 4.54. The fraction of sp³-hybridized carbons (Fsp3) is 0.0556. The highest BCUT2D eigenvalue weighted by molar-refractivity contribution is 7.15. The molecule has 0 atom stereocenters. The SMILES string of the molecule is COc1ccc(C=C(Cl)c2nnc(C(=O)Nc3ccccc3)s2)cc1. The van der Waals surface area contributed by atoms with E-state index in [1.807, 2.05) is 42.5 Å². The van der Waals surface area contributed by atoms with E-state index in [9.17, 15) is 4.79 Å². The lowest BCUT2D eigenvalue weighted by Gasteiger charge is -2.01. The fourth-order valence-electron chi connectivity index (χ4n) is 2.03. The molecule has 1 heterocycles. The maximum Gasteiger partial charge on any atom is 0.286 e. The lowest BCUT2D eigenvalue weighted by Crippen LogP contribution is -2.11. The second-order valence-electron chi connectivity index (χ2n) is 5.00. The number of carbonyl (C=O) groups excluding carboxylic acids is 1. The van der Waals surface area contributed by atoms with Gasteiger partial charge in [0, 0.05) is 5.69 Å². The molecule has 3 rings (SSSR count). The molecule has 1 aromatic heterocycles. The molecule has 25 heavy (non-hydrogen) atoms. The minimum Gasteiger partial charge on any atom is -0.497 e. The van der Waals surface area contributed by atoms with Crippen LogP contribution in [0, 0.1) is 0 Å². The van der Waals surface area contributed by atoms with Crippen molar-refractivity contribution in [2.24, 2.45) is 0 Å². The van der Waals surface area contributed by atoms with Crippen LogP contribution in [-0.4, -0.2) is 23.2 Å². The zero-order valence-corrected chi connectivity index (χ0v) is 14.8. The fourth-order valence-corrected chi connectivity index (χ4v) is 2.95. The van der Waals surface area contributed by atoms with E-state index in [-0.39, 0.29) is 10.9 Å². The Morgan fingerprint density at radius 1 is 1.08 bits per heavy atom. The second kappa shape index (κ2) is 7.92. The van der Waals surface area contributed by atoms with Gasteiger partial charge in [-0.15, -0.1) is 10.2 Å². The summed E-state index contributed by atoms with van der Waals surface area (Å²) in [4.78, 5) is 12.2. The number of carbonyl (C=O) groups is 1. The highest BCUT2D eigenvalue weighted by Crippen LogP contribution is 2.26. The average Bonchev–Trinajstić information content (AvgIpc) is 3.14. The Morgan fingerprint density at radius 2 is 1.76 bits per heavy atom. The van der Waals surface area contributed by atoms with Gasteiger partial charge in [-0.2, -0.15) is 0 Å². The number of nitrogens with zero attached hydrogens (tertiary/aromatic N) is 2. The van der Waals surface area contributed by atoms with E-state index in [2.05, 4.69) is 15.5 Å². The molecule has 7 heteroatoms. The van der Waals surface area contributed by atoms with E-state index in [1.165, 1.54) is 0 Å². The van der Waals surface area contributed by atoms with E-state index in [4.69, 9.17) is 16.3 Å². The lowest BCUT2D eigenvalue weighted by atomic mass is 10.2. The number of amides is 1. The van der Waals surface area contributed by atoms with Gasteiger partial charge in [-0.1, -0.05) is 53.3 Å². The molecular weight excluding hydrogens is 358 g/mol. The minimum atomic E-state index is -0.316. The standard InChI is InChI=1S/C18H14ClN3O2S/c1-24-14-9-7-12(8-10-14)11-15(19)17-21-22-18(25-17)16(23)20-13-5-3-2-4-6-13/h2-11H,1H3,(H,20,23). The van der Waals surface area contributed by atoms with Crippen molar-refractivity contribution in [1.82, 2.24) is 10.2 Å². The zero-order chi connectivity index (χ0) is 17.6. The summed E-state index contributed by atoms with van der Waals surface area (Å²) < 4.78 is 5.12. The third-order valence-electron chi connectivity index (χ3n) is 3.26. The molecule has 3 aromatic rings. The Morgan fingerprint density at radius 3 is 2.44 bits per heavy atom. The number of para-hydroxylation sites is 1. The summed E-state index contributed by atoms with van der Waals surface area (Å²) in [7, 11) is 1.61. The molecule has 0 radical (unpaired) electrons. The number of aromatic nitrogens is 2. The van der Waals surface area contributed by atoms with Crippen LogP contribution < -0.4 is 10.1 Å². The first-order valence-corrected chi connectivity index (χ1v) is 8.56. The molecule has 0 spiro atoms. The zero-order valence-electron chi connectivity index (χ0n) is 13.3. The highest BCUT2D eigenvalue weighted by Gasteiger charge is 2.14.